The molecule has 1 rings (SSSR count). The zero-order chi connectivity index (χ0) is 23.2. The Morgan fingerprint density at radius 3 is 1.03 bits per heavy atom. The molecule has 0 saturated carbocycles. The van der Waals surface area contributed by atoms with Crippen molar-refractivity contribution in [1.29, 1.82) is 0 Å². The van der Waals surface area contributed by atoms with Crippen molar-refractivity contribution in [2.24, 2.45) is 11.8 Å². The molecule has 158 valence electrons. The minimum absolute atomic E-state index is 0.132. The van der Waals surface area contributed by atoms with Gasteiger partial charge in [-0.15, -0.1) is 0 Å². The predicted octanol–water partition coefficient (Wildman–Crippen LogP) is 1.39. The summed E-state index contributed by atoms with van der Waals surface area (Å²) in [5.74, 6) is -5.63. The van der Waals surface area contributed by atoms with Crippen LogP contribution >= 0.6 is 24.4 Å². The molecule has 0 aromatic heterocycles. The van der Waals surface area contributed by atoms with Gasteiger partial charge in [-0.1, -0.05) is 24.4 Å². The Morgan fingerprint density at radius 1 is 0.600 bits per heavy atom. The zero-order valence-corrected chi connectivity index (χ0v) is 18.4. The number of rotatable bonds is 8. The Labute approximate surface area is 183 Å². The third-order valence-electron chi connectivity index (χ3n) is 4.03. The molecule has 0 spiro atoms. The van der Waals surface area contributed by atoms with E-state index in [4.69, 9.17) is 24.4 Å². The van der Waals surface area contributed by atoms with E-state index in [1.54, 1.807) is 0 Å². The monoisotopic (exact) mass is 448 g/mol. The smallest absolute Gasteiger partial charge is 0.256 e. The number of ketones is 4. The van der Waals surface area contributed by atoms with Gasteiger partial charge in [0.1, 0.15) is 44.9 Å². The Hall–Kier alpha value is -2.98. The van der Waals surface area contributed by atoms with E-state index >= 15 is 0 Å². The van der Waals surface area contributed by atoms with Crippen LogP contribution in [-0.4, -0.2) is 44.9 Å². The van der Waals surface area contributed by atoms with Crippen molar-refractivity contribution in [3.63, 3.8) is 0 Å². The van der Waals surface area contributed by atoms with Crippen LogP contribution in [0.5, 0.6) is 0 Å². The maximum atomic E-state index is 12.3. The van der Waals surface area contributed by atoms with Crippen LogP contribution < -0.4 is 10.6 Å². The number of amides is 2. The molecule has 1 aromatic carbocycles. The molecule has 0 aliphatic rings. The van der Waals surface area contributed by atoms with Gasteiger partial charge in [0, 0.05) is 11.1 Å². The maximum absolute atomic E-state index is 12.3. The van der Waals surface area contributed by atoms with Crippen molar-refractivity contribution in [2.45, 2.75) is 27.7 Å². The van der Waals surface area contributed by atoms with Crippen molar-refractivity contribution in [1.82, 2.24) is 10.6 Å². The number of carbonyl (C=O) groups is 6. The highest BCUT2D eigenvalue weighted by molar-refractivity contribution is 7.80. The molecule has 0 aliphatic heterocycles. The molecule has 0 unspecified atom stereocenters. The highest BCUT2D eigenvalue weighted by Gasteiger charge is 2.27. The van der Waals surface area contributed by atoms with Crippen LogP contribution in [0.2, 0.25) is 0 Å². The highest BCUT2D eigenvalue weighted by Crippen LogP contribution is 2.09. The van der Waals surface area contributed by atoms with Gasteiger partial charge in [-0.3, -0.25) is 28.8 Å². The van der Waals surface area contributed by atoms with E-state index in [0.29, 0.717) is 0 Å². The molecule has 2 N–H and O–H groups in total. The third kappa shape index (κ3) is 6.53. The van der Waals surface area contributed by atoms with Crippen molar-refractivity contribution in [2.75, 3.05) is 0 Å². The number of nitrogens with one attached hydrogen (secondary N) is 2. The lowest BCUT2D eigenvalue weighted by atomic mass is 10.0. The lowest BCUT2D eigenvalue weighted by molar-refractivity contribution is -0.129. The average Bonchev–Trinajstić information content (AvgIpc) is 2.60. The van der Waals surface area contributed by atoms with Crippen LogP contribution in [-0.2, 0) is 19.2 Å². The van der Waals surface area contributed by atoms with E-state index in [0.717, 1.165) is 0 Å². The second-order valence-electron chi connectivity index (χ2n) is 6.52. The molecule has 8 nitrogen and oxygen atoms in total. The van der Waals surface area contributed by atoms with Gasteiger partial charge in [0.2, 0.25) is 0 Å². The Bertz CT molecular complexity index is 848. The first kappa shape index (κ1) is 25.1. The van der Waals surface area contributed by atoms with E-state index < -0.39 is 46.8 Å². The van der Waals surface area contributed by atoms with Crippen molar-refractivity contribution < 1.29 is 28.8 Å². The first-order chi connectivity index (χ1) is 13.9. The molecule has 0 radical (unpaired) electrons. The van der Waals surface area contributed by atoms with Crippen molar-refractivity contribution in [3.8, 4) is 0 Å². The summed E-state index contributed by atoms with van der Waals surface area (Å²) in [5.41, 5.74) is 0.264. The number of Topliss-reactive ketones (excluding diaryl/α,β-unsaturated/α-hetero) is 4. The summed E-state index contributed by atoms with van der Waals surface area (Å²) in [6, 6.07) is 5.33. The Kier molecular flexibility index (Phi) is 8.94. The van der Waals surface area contributed by atoms with Crippen molar-refractivity contribution in [3.05, 3.63) is 35.4 Å². The van der Waals surface area contributed by atoms with E-state index in [9.17, 15) is 28.8 Å². The molecule has 0 saturated heterocycles. The summed E-state index contributed by atoms with van der Waals surface area (Å²) in [6.45, 7) is 4.80. The van der Waals surface area contributed by atoms with Gasteiger partial charge in [-0.25, -0.2) is 0 Å². The van der Waals surface area contributed by atoms with Crippen LogP contribution in [0, 0.1) is 11.8 Å². The van der Waals surface area contributed by atoms with Gasteiger partial charge in [-0.2, -0.15) is 0 Å². The Morgan fingerprint density at radius 2 is 0.833 bits per heavy atom. The SMILES string of the molecule is CC(=O)C(C(C)=O)C(=S)NC(=O)c1ccc(C(=O)NC(=S)C(C(C)=O)C(C)=O)cc1. The molecule has 1 aromatic rings. The summed E-state index contributed by atoms with van der Waals surface area (Å²) >= 11 is 9.96. The Balaban J connectivity index is 2.88. The summed E-state index contributed by atoms with van der Waals surface area (Å²) < 4.78 is 0. The third-order valence-corrected chi connectivity index (χ3v) is 4.71. The molecule has 0 fully saturated rings. The summed E-state index contributed by atoms with van der Waals surface area (Å²) in [5, 5.41) is 4.67. The quantitative estimate of drug-likeness (QED) is 0.451. The number of thiocarbonyl (C=S) groups is 2. The van der Waals surface area contributed by atoms with Crippen molar-refractivity contribution >= 4 is 69.4 Å². The topological polar surface area (TPSA) is 126 Å². The zero-order valence-electron chi connectivity index (χ0n) is 16.7. The van der Waals surface area contributed by atoms with E-state index in [2.05, 4.69) is 10.6 Å². The first-order valence-electron chi connectivity index (χ1n) is 8.69. The second-order valence-corrected chi connectivity index (χ2v) is 7.40. The standard InChI is InChI=1S/C20H20N2O6S2/c1-9(23)15(10(2)24)19(29)21-17(27)13-5-7-14(8-6-13)18(28)22-20(30)16(11(3)25)12(4)26/h5-8,15-16H,1-4H3,(H,21,27,29)(H,22,28,30). The van der Waals surface area contributed by atoms with E-state index in [1.807, 2.05) is 0 Å². The fourth-order valence-electron chi connectivity index (χ4n) is 2.60. The van der Waals surface area contributed by atoms with Gasteiger partial charge in [0.05, 0.1) is 0 Å². The van der Waals surface area contributed by atoms with Gasteiger partial charge in [-0.05, 0) is 52.0 Å². The molecular weight excluding hydrogens is 428 g/mol. The number of hydrogen-bond donors (Lipinski definition) is 2. The first-order valence-corrected chi connectivity index (χ1v) is 9.50. The van der Waals surface area contributed by atoms with Crippen LogP contribution in [0.25, 0.3) is 0 Å². The largest absolute Gasteiger partial charge is 0.315 e. The van der Waals surface area contributed by atoms with Crippen LogP contribution in [0.3, 0.4) is 0 Å². The minimum Gasteiger partial charge on any atom is -0.315 e. The highest BCUT2D eigenvalue weighted by atomic mass is 32.1. The molecule has 10 heteroatoms. The molecule has 0 aliphatic carbocycles. The molecule has 0 bridgehead atoms. The number of hydrogen-bond acceptors (Lipinski definition) is 8. The van der Waals surface area contributed by atoms with Gasteiger partial charge < -0.3 is 10.6 Å². The van der Waals surface area contributed by atoms with Crippen LogP contribution in [0.4, 0.5) is 0 Å². The van der Waals surface area contributed by atoms with Crippen LogP contribution in [0.1, 0.15) is 48.4 Å². The van der Waals surface area contributed by atoms with Gasteiger partial charge in [0.25, 0.3) is 11.8 Å². The van der Waals surface area contributed by atoms with Gasteiger partial charge >= 0.3 is 0 Å². The van der Waals surface area contributed by atoms with Gasteiger partial charge in [0.15, 0.2) is 0 Å². The summed E-state index contributed by atoms with van der Waals surface area (Å²) in [4.78, 5) is 70.3. The predicted molar refractivity (Wildman–Crippen MR) is 116 cm³/mol. The fourth-order valence-corrected chi connectivity index (χ4v) is 3.45. The number of benzene rings is 1. The summed E-state index contributed by atoms with van der Waals surface area (Å²) in [6.07, 6.45) is 0. The maximum Gasteiger partial charge on any atom is 0.256 e. The second kappa shape index (κ2) is 10.7. The normalized spacial score (nSPS) is 10.3. The molecular formula is C20H20N2O6S2. The van der Waals surface area contributed by atoms with E-state index in [1.165, 1.54) is 52.0 Å². The molecule has 30 heavy (non-hydrogen) atoms. The minimum atomic E-state index is -1.20. The molecule has 2 amide bonds. The fraction of sp³-hybridized carbons (Fsp3) is 0.300. The van der Waals surface area contributed by atoms with Crippen LogP contribution in [0.15, 0.2) is 24.3 Å². The van der Waals surface area contributed by atoms with E-state index in [-0.39, 0.29) is 21.1 Å². The molecule has 0 atom stereocenters. The lowest BCUT2D eigenvalue weighted by Gasteiger charge is -2.14. The molecule has 0 heterocycles. The lowest BCUT2D eigenvalue weighted by Crippen LogP contribution is -2.40. The summed E-state index contributed by atoms with van der Waals surface area (Å²) in [7, 11) is 0. The average molecular weight is 449 g/mol. The number of carbonyl (C=O) groups excluding carboxylic acids is 6.